The van der Waals surface area contributed by atoms with Gasteiger partial charge in [-0.15, -0.1) is 0 Å². The van der Waals surface area contributed by atoms with Crippen molar-refractivity contribution in [3.05, 3.63) is 84.0 Å². The molecule has 0 radical (unpaired) electrons. The van der Waals surface area contributed by atoms with Crippen molar-refractivity contribution in [1.82, 2.24) is 4.57 Å². The van der Waals surface area contributed by atoms with Gasteiger partial charge in [-0.1, -0.05) is 37.5 Å². The minimum atomic E-state index is -3.84. The standard InChI is InChI=1S/C26H29N3O4S/c1-28(23-12-6-7-13-24(23)33-2)34(31,32)22-17-15-20(16-18-22)26(30)29-19-9-8-14-25(29)27-21-10-4-3-5-11-21/h6-9,12-19,21H,3-5,10-11H2,1-2H3. The van der Waals surface area contributed by atoms with Crippen LogP contribution in [0.5, 0.6) is 5.75 Å². The summed E-state index contributed by atoms with van der Waals surface area (Å²) in [5.74, 6) is 0.201. The lowest BCUT2D eigenvalue weighted by Crippen LogP contribution is -2.29. The first-order valence-electron chi connectivity index (χ1n) is 11.4. The van der Waals surface area contributed by atoms with E-state index in [1.54, 1.807) is 36.5 Å². The smallest absolute Gasteiger partial charge is 0.264 e. The van der Waals surface area contributed by atoms with Crippen LogP contribution in [0.1, 0.15) is 42.5 Å². The average molecular weight is 480 g/mol. The number of nitrogens with zero attached hydrogens (tertiary/aromatic N) is 3. The van der Waals surface area contributed by atoms with E-state index >= 15 is 0 Å². The highest BCUT2D eigenvalue weighted by molar-refractivity contribution is 7.92. The number of carbonyl (C=O) groups excluding carboxylic acids is 1. The summed E-state index contributed by atoms with van der Waals surface area (Å²) in [6.07, 6.45) is 7.33. The van der Waals surface area contributed by atoms with E-state index in [1.807, 2.05) is 12.1 Å². The number of rotatable bonds is 6. The highest BCUT2D eigenvalue weighted by atomic mass is 32.2. The molecule has 0 unspecified atom stereocenters. The van der Waals surface area contributed by atoms with Crippen molar-refractivity contribution < 1.29 is 17.9 Å². The molecule has 3 aromatic rings. The van der Waals surface area contributed by atoms with Gasteiger partial charge in [-0.25, -0.2) is 8.42 Å². The van der Waals surface area contributed by atoms with Gasteiger partial charge in [-0.05, 0) is 61.4 Å². The van der Waals surface area contributed by atoms with Gasteiger partial charge in [0.1, 0.15) is 11.2 Å². The van der Waals surface area contributed by atoms with Crippen LogP contribution in [0.4, 0.5) is 5.69 Å². The molecule has 0 amide bonds. The Kier molecular flexibility index (Phi) is 7.17. The van der Waals surface area contributed by atoms with E-state index < -0.39 is 10.0 Å². The molecule has 2 aromatic carbocycles. The summed E-state index contributed by atoms with van der Waals surface area (Å²) in [7, 11) is -0.869. The van der Waals surface area contributed by atoms with E-state index in [1.165, 1.54) is 53.7 Å². The molecular weight excluding hydrogens is 450 g/mol. The summed E-state index contributed by atoms with van der Waals surface area (Å²) < 4.78 is 34.4. The molecule has 8 heteroatoms. The lowest BCUT2D eigenvalue weighted by atomic mass is 9.96. The third kappa shape index (κ3) is 4.92. The number of carbonyl (C=O) groups is 1. The summed E-state index contributed by atoms with van der Waals surface area (Å²) in [6.45, 7) is 0. The van der Waals surface area contributed by atoms with Gasteiger partial charge in [0.25, 0.3) is 15.9 Å². The fourth-order valence-corrected chi connectivity index (χ4v) is 5.40. The number of hydrogen-bond acceptors (Lipinski definition) is 5. The molecule has 1 aliphatic carbocycles. The van der Waals surface area contributed by atoms with Gasteiger partial charge in [0, 0.05) is 18.8 Å². The molecule has 34 heavy (non-hydrogen) atoms. The number of methoxy groups -OCH3 is 1. The maximum Gasteiger partial charge on any atom is 0.264 e. The Hall–Kier alpha value is -3.39. The van der Waals surface area contributed by atoms with Crippen LogP contribution < -0.4 is 14.5 Å². The number of anilines is 1. The summed E-state index contributed by atoms with van der Waals surface area (Å²) in [5, 5.41) is 0. The van der Waals surface area contributed by atoms with Crippen molar-refractivity contribution in [2.24, 2.45) is 4.99 Å². The van der Waals surface area contributed by atoms with E-state index in [-0.39, 0.29) is 16.8 Å². The number of benzene rings is 2. The first kappa shape index (κ1) is 23.8. The average Bonchev–Trinajstić information content (AvgIpc) is 2.89. The zero-order chi connectivity index (χ0) is 24.1. The number of ether oxygens (including phenoxy) is 1. The van der Waals surface area contributed by atoms with Crippen molar-refractivity contribution in [3.8, 4) is 5.75 Å². The number of para-hydroxylation sites is 2. The lowest BCUT2D eigenvalue weighted by Gasteiger charge is -2.21. The molecule has 0 bridgehead atoms. The quantitative estimate of drug-likeness (QED) is 0.530. The van der Waals surface area contributed by atoms with Crippen molar-refractivity contribution in [2.45, 2.75) is 43.0 Å². The van der Waals surface area contributed by atoms with Crippen LogP contribution >= 0.6 is 0 Å². The van der Waals surface area contributed by atoms with Crippen molar-refractivity contribution in [2.75, 3.05) is 18.5 Å². The minimum absolute atomic E-state index is 0.0858. The number of sulfonamides is 1. The van der Waals surface area contributed by atoms with Gasteiger partial charge in [-0.2, -0.15) is 0 Å². The molecular formula is C26H29N3O4S. The fourth-order valence-electron chi connectivity index (χ4n) is 4.19. The Balaban J connectivity index is 1.61. The lowest BCUT2D eigenvalue weighted by molar-refractivity contribution is 0.0954. The third-order valence-electron chi connectivity index (χ3n) is 6.13. The Morgan fingerprint density at radius 3 is 2.35 bits per heavy atom. The van der Waals surface area contributed by atoms with Gasteiger partial charge in [0.05, 0.1) is 23.7 Å². The molecule has 0 aliphatic heterocycles. The van der Waals surface area contributed by atoms with E-state index in [0.717, 1.165) is 25.7 Å². The van der Waals surface area contributed by atoms with Gasteiger partial charge in [0.15, 0.2) is 0 Å². The zero-order valence-corrected chi connectivity index (χ0v) is 20.2. The topological polar surface area (TPSA) is 81.0 Å². The molecule has 4 rings (SSSR count). The fraction of sp³-hybridized carbons (Fsp3) is 0.308. The second-order valence-corrected chi connectivity index (χ2v) is 10.3. The van der Waals surface area contributed by atoms with Gasteiger partial charge < -0.3 is 4.74 Å². The van der Waals surface area contributed by atoms with E-state index in [9.17, 15) is 13.2 Å². The summed E-state index contributed by atoms with van der Waals surface area (Å²) in [5.41, 5.74) is 1.43. The summed E-state index contributed by atoms with van der Waals surface area (Å²) in [6, 6.07) is 18.6. The van der Waals surface area contributed by atoms with Crippen molar-refractivity contribution in [3.63, 3.8) is 0 Å². The molecule has 0 saturated heterocycles. The predicted molar refractivity (Wildman–Crippen MR) is 132 cm³/mol. The van der Waals surface area contributed by atoms with E-state index in [0.29, 0.717) is 22.5 Å². The summed E-state index contributed by atoms with van der Waals surface area (Å²) >= 11 is 0. The highest BCUT2D eigenvalue weighted by Crippen LogP contribution is 2.30. The SMILES string of the molecule is COc1ccccc1N(C)S(=O)(=O)c1ccc(C(=O)n2ccccc2=NC2CCCCC2)cc1. The maximum absolute atomic E-state index is 13.2. The van der Waals surface area contributed by atoms with Crippen LogP contribution in [0.2, 0.25) is 0 Å². The van der Waals surface area contributed by atoms with Crippen LogP contribution in [0.3, 0.4) is 0 Å². The molecule has 7 nitrogen and oxygen atoms in total. The predicted octanol–water partition coefficient (Wildman–Crippen LogP) is 4.24. The second kappa shape index (κ2) is 10.3. The van der Waals surface area contributed by atoms with Crippen LogP contribution in [0.25, 0.3) is 0 Å². The first-order chi connectivity index (χ1) is 16.4. The van der Waals surface area contributed by atoms with E-state index in [4.69, 9.17) is 9.73 Å². The maximum atomic E-state index is 13.2. The highest BCUT2D eigenvalue weighted by Gasteiger charge is 2.24. The van der Waals surface area contributed by atoms with Crippen LogP contribution in [-0.4, -0.2) is 39.1 Å². The molecule has 0 spiro atoms. The number of pyridine rings is 1. The third-order valence-corrected chi connectivity index (χ3v) is 7.92. The van der Waals surface area contributed by atoms with E-state index in [2.05, 4.69) is 0 Å². The zero-order valence-electron chi connectivity index (χ0n) is 19.4. The molecule has 1 saturated carbocycles. The largest absolute Gasteiger partial charge is 0.495 e. The molecule has 0 atom stereocenters. The molecule has 0 N–H and O–H groups in total. The molecule has 178 valence electrons. The number of hydrogen-bond donors (Lipinski definition) is 0. The molecule has 1 fully saturated rings. The number of aromatic nitrogens is 1. The Labute approximate surface area is 200 Å². The van der Waals surface area contributed by atoms with Gasteiger partial charge in [-0.3, -0.25) is 18.7 Å². The Bertz CT molecular complexity index is 1320. The second-order valence-electron chi connectivity index (χ2n) is 8.32. The van der Waals surface area contributed by atoms with Gasteiger partial charge >= 0.3 is 0 Å². The normalized spacial score (nSPS) is 15.2. The summed E-state index contributed by atoms with van der Waals surface area (Å²) in [4.78, 5) is 18.1. The van der Waals surface area contributed by atoms with Crippen LogP contribution in [-0.2, 0) is 10.0 Å². The van der Waals surface area contributed by atoms with Gasteiger partial charge in [0.2, 0.25) is 0 Å². The van der Waals surface area contributed by atoms with Crippen LogP contribution in [0, 0.1) is 0 Å². The molecule has 1 aliphatic rings. The Morgan fingerprint density at radius 2 is 1.65 bits per heavy atom. The van der Waals surface area contributed by atoms with Crippen molar-refractivity contribution in [1.29, 1.82) is 0 Å². The molecule has 1 aromatic heterocycles. The molecule has 1 heterocycles. The van der Waals surface area contributed by atoms with Crippen molar-refractivity contribution >= 4 is 21.6 Å². The monoisotopic (exact) mass is 479 g/mol. The van der Waals surface area contributed by atoms with Crippen LogP contribution in [0.15, 0.2) is 82.8 Å². The Morgan fingerprint density at radius 1 is 0.971 bits per heavy atom. The first-order valence-corrected chi connectivity index (χ1v) is 12.8. The minimum Gasteiger partial charge on any atom is -0.495 e.